The maximum atomic E-state index is 13.5. The number of hydrogen-bond acceptors (Lipinski definition) is 18. The molecule has 430 valence electrons. The van der Waals surface area contributed by atoms with Gasteiger partial charge in [0, 0.05) is 49.2 Å². The zero-order valence-corrected chi connectivity index (χ0v) is 44.3. The number of unbranched alkanes of at least 4 members (excludes halogenated alkanes) is 1. The van der Waals surface area contributed by atoms with Crippen LogP contribution in [0, 0.1) is 0 Å². The minimum atomic E-state index is -0.919. The lowest BCUT2D eigenvalue weighted by atomic mass is 10.0. The molecule has 25 nitrogen and oxygen atoms in total. The van der Waals surface area contributed by atoms with E-state index in [1.54, 1.807) is 36.4 Å². The Labute approximate surface area is 452 Å². The van der Waals surface area contributed by atoms with Gasteiger partial charge < -0.3 is 89.5 Å². The molecule has 6 amide bonds. The Bertz CT molecular complexity index is 2070. The van der Waals surface area contributed by atoms with Gasteiger partial charge in [0.2, 0.25) is 5.91 Å². The van der Waals surface area contributed by atoms with Crippen LogP contribution in [0.5, 0.6) is 11.5 Å². The fourth-order valence-corrected chi connectivity index (χ4v) is 8.88. The predicted octanol–water partition coefficient (Wildman–Crippen LogP) is 0.998. The summed E-state index contributed by atoms with van der Waals surface area (Å²) in [5.74, 6) is -1.57. The average Bonchev–Trinajstić information content (AvgIpc) is 3.99. The minimum Gasteiger partial charge on any atom is -0.484 e. The lowest BCUT2D eigenvalue weighted by Gasteiger charge is -2.16. The maximum absolute atomic E-state index is 13.5. The first-order valence-electron chi connectivity index (χ1n) is 25.8. The van der Waals surface area contributed by atoms with Gasteiger partial charge in [0.15, 0.2) is 13.2 Å². The summed E-state index contributed by atoms with van der Waals surface area (Å²) in [5, 5.41) is 34.6. The van der Waals surface area contributed by atoms with Gasteiger partial charge >= 0.3 is 18.0 Å². The maximum Gasteiger partial charge on any atom is 0.315 e. The third-order valence-electron chi connectivity index (χ3n) is 11.2. The number of amides is 6. The fraction of sp³-hybridized carbons (Fsp3) is 0.627. The molecule has 8 N–H and O–H groups in total. The molecule has 0 radical (unpaired) electrons. The molecule has 0 aromatic heterocycles. The van der Waals surface area contributed by atoms with E-state index in [0.29, 0.717) is 114 Å². The molecule has 4 rings (SSSR count). The zero-order chi connectivity index (χ0) is 55.1. The van der Waals surface area contributed by atoms with Crippen molar-refractivity contribution in [2.24, 2.45) is 0 Å². The van der Waals surface area contributed by atoms with Gasteiger partial charge in [-0.1, -0.05) is 18.6 Å². The molecule has 0 unspecified atom stereocenters. The van der Waals surface area contributed by atoms with Crippen molar-refractivity contribution in [3.8, 4) is 22.6 Å². The highest BCUT2D eigenvalue weighted by molar-refractivity contribution is 8.00. The SMILES string of the molecule is O=C(O)CCOCCOCCOCCOCCNC(=O)COc1ccc(-c2cc(OCC(=O)NCCOCCOCCOCCOCCC(=O)O)cc(C(=O)NCCNC(=O)CCCC[C@@H]3SC[C@@H]4NC(=O)N[C@@H]43)c2)cc1. The van der Waals surface area contributed by atoms with Crippen LogP contribution in [0.3, 0.4) is 0 Å². The van der Waals surface area contributed by atoms with E-state index in [4.69, 9.17) is 57.6 Å². The molecule has 0 saturated carbocycles. The molecule has 3 atom stereocenters. The lowest BCUT2D eigenvalue weighted by Crippen LogP contribution is -2.36. The summed E-state index contributed by atoms with van der Waals surface area (Å²) in [4.78, 5) is 83.8. The molecule has 2 aromatic rings. The molecule has 0 bridgehead atoms. The van der Waals surface area contributed by atoms with Crippen LogP contribution < -0.4 is 41.4 Å². The summed E-state index contributed by atoms with van der Waals surface area (Å²) in [5.41, 5.74) is 1.54. The number of rotatable bonds is 46. The van der Waals surface area contributed by atoms with Crippen molar-refractivity contribution < 1.29 is 91.1 Å². The minimum absolute atomic E-state index is 0.0510. The van der Waals surface area contributed by atoms with Crippen molar-refractivity contribution in [2.75, 3.05) is 151 Å². The largest absolute Gasteiger partial charge is 0.484 e. The third-order valence-corrected chi connectivity index (χ3v) is 12.7. The smallest absolute Gasteiger partial charge is 0.315 e. The van der Waals surface area contributed by atoms with E-state index in [1.807, 2.05) is 11.8 Å². The van der Waals surface area contributed by atoms with Crippen LogP contribution in [-0.2, 0) is 61.9 Å². The van der Waals surface area contributed by atoms with E-state index in [2.05, 4.69) is 31.9 Å². The van der Waals surface area contributed by atoms with Gasteiger partial charge in [-0.2, -0.15) is 11.8 Å². The second kappa shape index (κ2) is 39.5. The van der Waals surface area contributed by atoms with E-state index in [9.17, 15) is 33.6 Å². The van der Waals surface area contributed by atoms with Crippen LogP contribution in [-0.4, -0.2) is 220 Å². The highest BCUT2D eigenvalue weighted by atomic mass is 32.2. The molecule has 2 aliphatic heterocycles. The monoisotopic (exact) mass is 1110 g/mol. The second-order valence-electron chi connectivity index (χ2n) is 17.2. The summed E-state index contributed by atoms with van der Waals surface area (Å²) in [6, 6.07) is 11.9. The van der Waals surface area contributed by atoms with Gasteiger partial charge in [0.1, 0.15) is 11.5 Å². The number of carboxylic acids is 2. The molecular weight excluding hydrogens is 1030 g/mol. The highest BCUT2D eigenvalue weighted by Crippen LogP contribution is 2.33. The number of thioether (sulfide) groups is 1. The van der Waals surface area contributed by atoms with Crippen molar-refractivity contribution >= 4 is 53.4 Å². The molecule has 26 heteroatoms. The summed E-state index contributed by atoms with van der Waals surface area (Å²) in [6.07, 6.45) is 2.71. The number of benzene rings is 2. The quantitative estimate of drug-likeness (QED) is 0.0339. The molecule has 0 spiro atoms. The Morgan fingerprint density at radius 2 is 0.987 bits per heavy atom. The van der Waals surface area contributed by atoms with Gasteiger partial charge in [0.25, 0.3) is 17.7 Å². The first-order chi connectivity index (χ1) is 37.5. The van der Waals surface area contributed by atoms with Crippen LogP contribution in [0.2, 0.25) is 0 Å². The number of carboxylic acid groups (broad SMARTS) is 2. The molecule has 2 heterocycles. The predicted molar refractivity (Wildman–Crippen MR) is 279 cm³/mol. The Kier molecular flexibility index (Phi) is 32.7. The zero-order valence-electron chi connectivity index (χ0n) is 43.5. The van der Waals surface area contributed by atoms with Crippen LogP contribution >= 0.6 is 11.8 Å². The lowest BCUT2D eigenvalue weighted by molar-refractivity contribution is -0.139. The van der Waals surface area contributed by atoms with E-state index in [0.717, 1.165) is 18.6 Å². The molecule has 2 fully saturated rings. The summed E-state index contributed by atoms with van der Waals surface area (Å²) in [7, 11) is 0. The first-order valence-corrected chi connectivity index (χ1v) is 26.8. The summed E-state index contributed by atoms with van der Waals surface area (Å²) in [6.45, 7) is 5.02. The Morgan fingerprint density at radius 1 is 0.506 bits per heavy atom. The second-order valence-corrected chi connectivity index (χ2v) is 18.5. The Hall–Kier alpha value is -5.84. The van der Waals surface area contributed by atoms with E-state index in [1.165, 1.54) is 6.07 Å². The Morgan fingerprint density at radius 3 is 1.52 bits per heavy atom. The molecular formula is C51H76N6O19S. The third kappa shape index (κ3) is 29.5. The van der Waals surface area contributed by atoms with Gasteiger partial charge in [-0.15, -0.1) is 0 Å². The average molecular weight is 1110 g/mol. The van der Waals surface area contributed by atoms with Gasteiger partial charge in [-0.25, -0.2) is 4.79 Å². The molecule has 77 heavy (non-hydrogen) atoms. The van der Waals surface area contributed by atoms with Crippen molar-refractivity contribution in [2.45, 2.75) is 55.9 Å². The number of fused-ring (bicyclic) bond motifs is 1. The Balaban J connectivity index is 1.15. The highest BCUT2D eigenvalue weighted by Gasteiger charge is 2.42. The standard InChI is InChI=1S/C51H76N6O19S/c58-44(4-2-1-3-43-49-42(36-77-43)56-51(66)57-49)52-11-12-55-50(65)39-31-38(32-41(33-39)76-35-46(60)54-14-18-70-22-26-74-30-28-72-24-20-68-16-10-48(63)64)37-5-7-40(8-6-37)75-34-45(59)53-13-17-69-21-25-73-29-27-71-23-19-67-15-9-47(61)62/h5-8,31-33,42-43,49H,1-4,9-30,34-36H2,(H,52,58)(H,53,59)(H,54,60)(H,55,65)(H,61,62)(H,63,64)(H2,56,57,66)/t42-,43-,49-/m0/s1. The van der Waals surface area contributed by atoms with Crippen molar-refractivity contribution in [1.82, 2.24) is 31.9 Å². The van der Waals surface area contributed by atoms with Crippen LogP contribution in [0.25, 0.3) is 11.1 Å². The van der Waals surface area contributed by atoms with Gasteiger partial charge in [-0.3, -0.25) is 28.8 Å². The molecule has 2 saturated heterocycles. The number of carbonyl (C=O) groups is 7. The fourth-order valence-electron chi connectivity index (χ4n) is 7.33. The van der Waals surface area contributed by atoms with E-state index in [-0.39, 0.29) is 120 Å². The topological polar surface area (TPSA) is 324 Å². The first kappa shape index (κ1) is 63.7. The van der Waals surface area contributed by atoms with Gasteiger partial charge in [-0.05, 0) is 54.3 Å². The number of aliphatic carboxylic acids is 2. The van der Waals surface area contributed by atoms with E-state index >= 15 is 0 Å². The molecule has 0 aliphatic carbocycles. The van der Waals surface area contributed by atoms with Crippen molar-refractivity contribution in [3.63, 3.8) is 0 Å². The van der Waals surface area contributed by atoms with Gasteiger partial charge in [0.05, 0.1) is 131 Å². The van der Waals surface area contributed by atoms with Crippen LogP contribution in [0.1, 0.15) is 48.9 Å². The summed E-state index contributed by atoms with van der Waals surface area (Å²) < 4.78 is 54.4. The van der Waals surface area contributed by atoms with Crippen LogP contribution in [0.4, 0.5) is 4.79 Å². The number of nitrogens with one attached hydrogen (secondary N) is 6. The molecule has 2 aromatic carbocycles. The number of hydrogen-bond donors (Lipinski definition) is 8. The van der Waals surface area contributed by atoms with Crippen LogP contribution in [0.15, 0.2) is 42.5 Å². The number of ether oxygens (including phenoxy) is 10. The number of carbonyl (C=O) groups excluding carboxylic acids is 5. The summed E-state index contributed by atoms with van der Waals surface area (Å²) >= 11 is 1.84. The normalized spacial score (nSPS) is 15.5. The van der Waals surface area contributed by atoms with Crippen molar-refractivity contribution in [3.05, 3.63) is 48.0 Å². The van der Waals surface area contributed by atoms with Crippen molar-refractivity contribution in [1.29, 1.82) is 0 Å². The number of urea groups is 1. The van der Waals surface area contributed by atoms with E-state index < -0.39 is 23.8 Å². The molecule has 2 aliphatic rings.